The molecule has 0 fully saturated rings. The van der Waals surface area contributed by atoms with Crippen molar-refractivity contribution in [3.63, 3.8) is 0 Å². The monoisotopic (exact) mass is 350 g/mol. The molecule has 0 aliphatic heterocycles. The average molecular weight is 351 g/mol. The minimum absolute atomic E-state index is 0.258. The molecule has 6 heteroatoms. The van der Waals surface area contributed by atoms with Crippen molar-refractivity contribution in [3.05, 3.63) is 63.6 Å². The minimum Gasteiger partial charge on any atom is -0.352 e. The van der Waals surface area contributed by atoms with Crippen LogP contribution in [0.15, 0.2) is 42.5 Å². The number of anilines is 1. The van der Waals surface area contributed by atoms with Crippen molar-refractivity contribution in [2.24, 2.45) is 0 Å². The maximum absolute atomic E-state index is 11.8. The predicted octanol–water partition coefficient (Wildman–Crippen LogP) is 3.95. The lowest BCUT2D eigenvalue weighted by molar-refractivity contribution is -0.126. The highest BCUT2D eigenvalue weighted by atomic mass is 35.5. The van der Waals surface area contributed by atoms with E-state index in [0.717, 1.165) is 11.1 Å². The third kappa shape index (κ3) is 5.58. The third-order valence-electron chi connectivity index (χ3n) is 3.10. The van der Waals surface area contributed by atoms with Crippen LogP contribution in [0.5, 0.6) is 0 Å². The largest absolute Gasteiger partial charge is 0.352 e. The van der Waals surface area contributed by atoms with Crippen LogP contribution in [0.1, 0.15) is 17.5 Å². The van der Waals surface area contributed by atoms with E-state index in [1.807, 2.05) is 31.2 Å². The molecule has 0 bridgehead atoms. The van der Waals surface area contributed by atoms with Crippen LogP contribution >= 0.6 is 23.2 Å². The summed E-state index contributed by atoms with van der Waals surface area (Å²) in [5.74, 6) is -0.755. The number of carbonyl (C=O) groups excluding carboxylic acids is 2. The summed E-state index contributed by atoms with van der Waals surface area (Å²) in [7, 11) is 0. The maximum Gasteiger partial charge on any atom is 0.233 e. The van der Waals surface area contributed by atoms with Crippen molar-refractivity contribution in [1.29, 1.82) is 0 Å². The lowest BCUT2D eigenvalue weighted by atomic mass is 10.1. The van der Waals surface area contributed by atoms with Crippen molar-refractivity contribution in [2.75, 3.05) is 5.32 Å². The summed E-state index contributed by atoms with van der Waals surface area (Å²) in [6.07, 6.45) is -0.258. The first-order valence-corrected chi connectivity index (χ1v) is 7.77. The fourth-order valence-corrected chi connectivity index (χ4v) is 2.31. The molecule has 2 amide bonds. The average Bonchev–Trinajstić information content (AvgIpc) is 2.49. The zero-order chi connectivity index (χ0) is 16.8. The fraction of sp³-hybridized carbons (Fsp3) is 0.176. The second-order valence-corrected chi connectivity index (χ2v) is 5.93. The number of carbonyl (C=O) groups is 2. The van der Waals surface area contributed by atoms with Crippen molar-refractivity contribution >= 4 is 40.7 Å². The Morgan fingerprint density at radius 3 is 2.48 bits per heavy atom. The Labute approximate surface area is 144 Å². The molecule has 0 aliphatic carbocycles. The Morgan fingerprint density at radius 2 is 1.78 bits per heavy atom. The highest BCUT2D eigenvalue weighted by molar-refractivity contribution is 6.42. The quantitative estimate of drug-likeness (QED) is 0.802. The summed E-state index contributed by atoms with van der Waals surface area (Å²) in [5.41, 5.74) is 2.60. The second kappa shape index (κ2) is 7.99. The molecule has 0 unspecified atom stereocenters. The summed E-state index contributed by atoms with van der Waals surface area (Å²) in [6, 6.07) is 12.5. The summed E-state index contributed by atoms with van der Waals surface area (Å²) in [4.78, 5) is 23.6. The van der Waals surface area contributed by atoms with Crippen molar-refractivity contribution in [3.8, 4) is 0 Å². The molecule has 0 spiro atoms. The van der Waals surface area contributed by atoms with Gasteiger partial charge in [0.05, 0.1) is 10.0 Å². The Hall–Kier alpha value is -2.04. The summed E-state index contributed by atoms with van der Waals surface area (Å²) < 4.78 is 0. The van der Waals surface area contributed by atoms with Gasteiger partial charge < -0.3 is 10.6 Å². The Morgan fingerprint density at radius 1 is 1.00 bits per heavy atom. The van der Waals surface area contributed by atoms with E-state index in [-0.39, 0.29) is 12.3 Å². The van der Waals surface area contributed by atoms with E-state index in [9.17, 15) is 9.59 Å². The molecule has 0 atom stereocenters. The van der Waals surface area contributed by atoms with Gasteiger partial charge in [0.1, 0.15) is 6.42 Å². The number of halogens is 2. The zero-order valence-corrected chi connectivity index (χ0v) is 14.0. The molecule has 2 rings (SSSR count). The highest BCUT2D eigenvalue weighted by Crippen LogP contribution is 2.24. The number of aryl methyl sites for hydroxylation is 1. The molecule has 0 aliphatic rings. The SMILES string of the molecule is Cc1cccc(CNC(=O)CC(=O)Nc2ccc(Cl)c(Cl)c2)c1. The fourth-order valence-electron chi connectivity index (χ4n) is 2.01. The third-order valence-corrected chi connectivity index (χ3v) is 3.84. The van der Waals surface area contributed by atoms with Gasteiger partial charge in [-0.1, -0.05) is 53.0 Å². The van der Waals surface area contributed by atoms with E-state index < -0.39 is 5.91 Å². The first-order chi connectivity index (χ1) is 10.9. The molecule has 120 valence electrons. The second-order valence-electron chi connectivity index (χ2n) is 5.12. The standard InChI is InChI=1S/C17H16Cl2N2O2/c1-11-3-2-4-12(7-11)10-20-16(22)9-17(23)21-13-5-6-14(18)15(19)8-13/h2-8H,9-10H2,1H3,(H,20,22)(H,21,23). The molecule has 4 nitrogen and oxygen atoms in total. The normalized spacial score (nSPS) is 10.2. The Bertz CT molecular complexity index is 732. The van der Waals surface area contributed by atoms with Crippen molar-refractivity contribution in [2.45, 2.75) is 19.9 Å². The smallest absolute Gasteiger partial charge is 0.233 e. The van der Waals surface area contributed by atoms with Gasteiger partial charge in [0.15, 0.2) is 0 Å². The van der Waals surface area contributed by atoms with Crippen LogP contribution in [0.2, 0.25) is 10.0 Å². The van der Waals surface area contributed by atoms with Gasteiger partial charge in [-0.05, 0) is 30.7 Å². The zero-order valence-electron chi connectivity index (χ0n) is 12.5. The van der Waals surface area contributed by atoms with Crippen LogP contribution in [0.25, 0.3) is 0 Å². The van der Waals surface area contributed by atoms with Crippen LogP contribution in [0.3, 0.4) is 0 Å². The number of benzene rings is 2. The van der Waals surface area contributed by atoms with Gasteiger partial charge in [0.2, 0.25) is 11.8 Å². The molecular weight excluding hydrogens is 335 g/mol. The van der Waals surface area contributed by atoms with Gasteiger partial charge >= 0.3 is 0 Å². The number of amides is 2. The van der Waals surface area contributed by atoms with Gasteiger partial charge in [-0.25, -0.2) is 0 Å². The molecule has 2 N–H and O–H groups in total. The number of rotatable bonds is 5. The number of hydrogen-bond donors (Lipinski definition) is 2. The topological polar surface area (TPSA) is 58.2 Å². The molecular formula is C17H16Cl2N2O2. The maximum atomic E-state index is 11.8. The molecule has 2 aromatic carbocycles. The summed E-state index contributed by atoms with van der Waals surface area (Å²) >= 11 is 11.7. The first kappa shape index (κ1) is 17.3. The van der Waals surface area contributed by atoms with Crippen LogP contribution in [0, 0.1) is 6.92 Å². The lowest BCUT2D eigenvalue weighted by Crippen LogP contribution is -2.27. The van der Waals surface area contributed by atoms with Crippen LogP contribution in [0.4, 0.5) is 5.69 Å². The van der Waals surface area contributed by atoms with Gasteiger partial charge in [0, 0.05) is 12.2 Å². The minimum atomic E-state index is -0.412. The van der Waals surface area contributed by atoms with E-state index in [1.165, 1.54) is 6.07 Å². The molecule has 0 saturated heterocycles. The van der Waals surface area contributed by atoms with Gasteiger partial charge in [-0.2, -0.15) is 0 Å². The van der Waals surface area contributed by atoms with E-state index in [2.05, 4.69) is 10.6 Å². The molecule has 23 heavy (non-hydrogen) atoms. The van der Waals surface area contributed by atoms with Crippen molar-refractivity contribution < 1.29 is 9.59 Å². The number of hydrogen-bond acceptors (Lipinski definition) is 2. The lowest BCUT2D eigenvalue weighted by Gasteiger charge is -2.08. The molecule has 0 heterocycles. The first-order valence-electron chi connectivity index (χ1n) is 7.01. The number of nitrogens with one attached hydrogen (secondary N) is 2. The molecule has 0 saturated carbocycles. The van der Waals surface area contributed by atoms with E-state index in [1.54, 1.807) is 12.1 Å². The van der Waals surface area contributed by atoms with Crippen LogP contribution in [-0.2, 0) is 16.1 Å². The van der Waals surface area contributed by atoms with Crippen molar-refractivity contribution in [1.82, 2.24) is 5.32 Å². The van der Waals surface area contributed by atoms with Gasteiger partial charge in [0.25, 0.3) is 0 Å². The molecule has 2 aromatic rings. The Kier molecular flexibility index (Phi) is 6.02. The van der Waals surface area contributed by atoms with Gasteiger partial charge in [-0.15, -0.1) is 0 Å². The molecule has 0 radical (unpaired) electrons. The van der Waals surface area contributed by atoms with E-state index in [4.69, 9.17) is 23.2 Å². The summed E-state index contributed by atoms with van der Waals surface area (Å²) in [5, 5.41) is 6.07. The highest BCUT2D eigenvalue weighted by Gasteiger charge is 2.10. The van der Waals surface area contributed by atoms with E-state index in [0.29, 0.717) is 22.3 Å². The summed E-state index contributed by atoms with van der Waals surface area (Å²) in [6.45, 7) is 2.37. The van der Waals surface area contributed by atoms with Gasteiger partial charge in [-0.3, -0.25) is 9.59 Å². The van der Waals surface area contributed by atoms with Crippen LogP contribution < -0.4 is 10.6 Å². The Balaban J connectivity index is 1.82. The molecule has 0 aromatic heterocycles. The van der Waals surface area contributed by atoms with E-state index >= 15 is 0 Å². The van der Waals surface area contributed by atoms with Crippen LogP contribution in [-0.4, -0.2) is 11.8 Å². The predicted molar refractivity (Wildman–Crippen MR) is 92.7 cm³/mol.